The average molecular weight is 1190 g/mol. The van der Waals surface area contributed by atoms with Gasteiger partial charge in [-0.15, -0.1) is 0 Å². The van der Waals surface area contributed by atoms with Crippen LogP contribution in [0.2, 0.25) is 0 Å². The number of Topliss-reactive ketones (excluding diaryl/α,β-unsaturated/α-hetero) is 2. The van der Waals surface area contributed by atoms with Gasteiger partial charge in [-0.3, -0.25) is 68.2 Å². The van der Waals surface area contributed by atoms with Gasteiger partial charge in [0.2, 0.25) is 23.6 Å². The van der Waals surface area contributed by atoms with Crippen molar-refractivity contribution in [1.29, 1.82) is 0 Å². The van der Waals surface area contributed by atoms with Gasteiger partial charge in [-0.05, 0) is 125 Å². The summed E-state index contributed by atoms with van der Waals surface area (Å²) in [5.41, 5.74) is 3.16. The largest absolute Gasteiger partial charge is 0.381 e. The number of carbonyl (C=O) groups is 9. The molecule has 12 unspecified atom stereocenters. The summed E-state index contributed by atoms with van der Waals surface area (Å²) in [6, 6.07) is 8.51. The molecule has 0 bridgehead atoms. The third-order valence-electron chi connectivity index (χ3n) is 19.1. The fourth-order valence-corrected chi connectivity index (χ4v) is 13.4. The highest BCUT2D eigenvalue weighted by Crippen LogP contribution is 2.63. The zero-order valence-electron chi connectivity index (χ0n) is 53.7. The van der Waals surface area contributed by atoms with Crippen LogP contribution in [0.25, 0.3) is 0 Å². The highest BCUT2D eigenvalue weighted by Gasteiger charge is 2.61. The van der Waals surface area contributed by atoms with Gasteiger partial charge in [0.05, 0.1) is 48.8 Å². The topological polar surface area (TPSA) is 222 Å². The number of carbonyl (C=O) groups excluding carboxylic acids is 9. The second-order valence-corrected chi connectivity index (χ2v) is 25.8. The molecular formula is C66H105N7O12. The normalized spacial score (nSPS) is 22.0. The first-order chi connectivity index (χ1) is 40.4. The van der Waals surface area contributed by atoms with Crippen LogP contribution in [0.15, 0.2) is 42.5 Å². The van der Waals surface area contributed by atoms with E-state index >= 15 is 0 Å². The Labute approximate surface area is 507 Å². The second kappa shape index (κ2) is 33.7. The number of nitrogens with one attached hydrogen (secondary N) is 2. The molecule has 3 aliphatic heterocycles. The van der Waals surface area contributed by atoms with E-state index in [1.165, 1.54) is 29.1 Å². The lowest BCUT2D eigenvalue weighted by atomic mass is 9.74. The van der Waals surface area contributed by atoms with Crippen molar-refractivity contribution in [3.63, 3.8) is 0 Å². The Morgan fingerprint density at radius 3 is 2.08 bits per heavy atom. The smallest absolute Gasteiger partial charge is 0.253 e. The van der Waals surface area contributed by atoms with Crippen molar-refractivity contribution < 1.29 is 57.5 Å². The minimum Gasteiger partial charge on any atom is -0.381 e. The summed E-state index contributed by atoms with van der Waals surface area (Å²) >= 11 is 0. The molecule has 1 aromatic rings. The molecule has 12 atom stereocenters. The number of hydrazine groups is 1. The summed E-state index contributed by atoms with van der Waals surface area (Å²) in [6.07, 6.45) is 11.1. The number of hydrogen-bond donors (Lipinski definition) is 2. The Hall–Kier alpha value is -5.37. The molecule has 1 saturated carbocycles. The third kappa shape index (κ3) is 19.1. The molecular weight excluding hydrogens is 1080 g/mol. The Morgan fingerprint density at radius 1 is 0.776 bits per heavy atom. The lowest BCUT2D eigenvalue weighted by Gasteiger charge is -2.37. The van der Waals surface area contributed by atoms with Gasteiger partial charge in [-0.2, -0.15) is 0 Å². The molecule has 3 fully saturated rings. The van der Waals surface area contributed by atoms with Crippen LogP contribution in [0.5, 0.6) is 0 Å². The van der Waals surface area contributed by atoms with E-state index in [2.05, 4.69) is 43.6 Å². The minimum absolute atomic E-state index is 0.0211. The van der Waals surface area contributed by atoms with E-state index in [0.717, 1.165) is 37.7 Å². The number of amides is 7. The maximum Gasteiger partial charge on any atom is 0.253 e. The number of hydrogen-bond acceptors (Lipinski definition) is 13. The lowest BCUT2D eigenvalue weighted by Crippen LogP contribution is -2.55. The van der Waals surface area contributed by atoms with E-state index < -0.39 is 41.5 Å². The third-order valence-corrected chi connectivity index (χ3v) is 19.1. The maximum absolute atomic E-state index is 14.6. The van der Waals surface area contributed by atoms with Crippen molar-refractivity contribution in [3.05, 3.63) is 48.0 Å². The molecule has 2 saturated heterocycles. The van der Waals surface area contributed by atoms with E-state index in [1.807, 2.05) is 76.6 Å². The molecule has 1 aliphatic carbocycles. The zero-order valence-corrected chi connectivity index (χ0v) is 53.7. The number of likely N-dealkylation sites (N-methyl/N-ethyl adjacent to an activating group) is 1. The van der Waals surface area contributed by atoms with Crippen LogP contribution in [-0.2, 0) is 57.5 Å². The number of ketones is 2. The van der Waals surface area contributed by atoms with Crippen LogP contribution < -0.4 is 10.7 Å². The molecule has 2 N–H and O–H groups in total. The molecule has 5 rings (SSSR count). The number of nitrogens with zero attached hydrogens (tertiary/aromatic N) is 5. The summed E-state index contributed by atoms with van der Waals surface area (Å²) in [6.45, 7) is 20.3. The highest BCUT2D eigenvalue weighted by molar-refractivity contribution is 6.12. The summed E-state index contributed by atoms with van der Waals surface area (Å²) in [5.74, 6) is -2.73. The second-order valence-electron chi connectivity index (χ2n) is 25.8. The average Bonchev–Trinajstić information content (AvgIpc) is 2.17. The number of imide groups is 1. The number of methoxy groups -OCH3 is 2. The maximum atomic E-state index is 14.6. The predicted octanol–water partition coefficient (Wildman–Crippen LogP) is 8.25. The van der Waals surface area contributed by atoms with E-state index in [-0.39, 0.29) is 114 Å². The number of hydroxylamine groups is 2. The van der Waals surface area contributed by atoms with Crippen molar-refractivity contribution in [2.24, 2.45) is 46.8 Å². The zero-order chi connectivity index (χ0) is 62.7. The van der Waals surface area contributed by atoms with Gasteiger partial charge in [-0.1, -0.05) is 105 Å². The van der Waals surface area contributed by atoms with Gasteiger partial charge in [0.15, 0.2) is 5.78 Å². The quantitative estimate of drug-likeness (QED) is 0.0368. The first kappa shape index (κ1) is 70.4. The Kier molecular flexibility index (Phi) is 27.9. The molecule has 0 aromatic heterocycles. The van der Waals surface area contributed by atoms with Gasteiger partial charge in [-0.25, -0.2) is 5.06 Å². The summed E-state index contributed by atoms with van der Waals surface area (Å²) in [7, 11) is 6.60. The van der Waals surface area contributed by atoms with Gasteiger partial charge in [0.1, 0.15) is 5.78 Å². The van der Waals surface area contributed by atoms with E-state index in [1.54, 1.807) is 19.3 Å². The molecule has 476 valence electrons. The molecule has 1 aromatic carbocycles. The molecule has 7 amide bonds. The van der Waals surface area contributed by atoms with Crippen molar-refractivity contribution in [1.82, 2.24) is 35.5 Å². The molecule has 85 heavy (non-hydrogen) atoms. The van der Waals surface area contributed by atoms with Crippen molar-refractivity contribution in [3.8, 4) is 0 Å². The van der Waals surface area contributed by atoms with Gasteiger partial charge >= 0.3 is 0 Å². The highest BCUT2D eigenvalue weighted by atomic mass is 16.7. The number of benzene rings is 1. The first-order valence-corrected chi connectivity index (χ1v) is 31.9. The molecule has 4 aliphatic rings. The van der Waals surface area contributed by atoms with Gasteiger partial charge in [0.25, 0.3) is 17.7 Å². The number of unbranched alkanes of at least 4 members (excludes halogenated alkanes) is 2. The van der Waals surface area contributed by atoms with E-state index in [9.17, 15) is 43.2 Å². The SMILES string of the molecule is CCC(C)C(CC(C)C(C)C(=O)C(NC(=O)C(C(C)C)N(C)CCCC(=O)N(C)NC(=O)CCCCCN1C(=O)C=CC1=O)C(C)C)C(CC(=O)N1CCCC1C(OC)C(C)C(=O)CCCC1(C(=O)N2CCCCO2)CC1c1ccccc1)OC. The molecule has 0 spiro atoms. The van der Waals surface area contributed by atoms with Crippen LogP contribution in [0.1, 0.15) is 183 Å². The fraction of sp³-hybridized carbons (Fsp3) is 0.742. The van der Waals surface area contributed by atoms with Crippen LogP contribution in [0.3, 0.4) is 0 Å². The van der Waals surface area contributed by atoms with Crippen LogP contribution in [0.4, 0.5) is 0 Å². The summed E-state index contributed by atoms with van der Waals surface area (Å²) in [4.78, 5) is 131. The van der Waals surface area contributed by atoms with Crippen molar-refractivity contribution >= 4 is 52.9 Å². The van der Waals surface area contributed by atoms with E-state index in [4.69, 9.17) is 14.3 Å². The van der Waals surface area contributed by atoms with Crippen LogP contribution in [0, 0.1) is 46.8 Å². The fourth-order valence-electron chi connectivity index (χ4n) is 13.4. The van der Waals surface area contributed by atoms with Gasteiger partial charge < -0.3 is 19.7 Å². The number of rotatable bonds is 36. The van der Waals surface area contributed by atoms with Crippen LogP contribution >= 0.6 is 0 Å². The lowest BCUT2D eigenvalue weighted by molar-refractivity contribution is -0.203. The van der Waals surface area contributed by atoms with Crippen molar-refractivity contribution in [2.75, 3.05) is 61.1 Å². The number of likely N-dealkylation sites (tertiary alicyclic amines) is 1. The summed E-state index contributed by atoms with van der Waals surface area (Å²) < 4.78 is 12.4. The Morgan fingerprint density at radius 2 is 1.47 bits per heavy atom. The van der Waals surface area contributed by atoms with Crippen LogP contribution in [-0.4, -0.2) is 169 Å². The van der Waals surface area contributed by atoms with E-state index in [0.29, 0.717) is 90.6 Å². The monoisotopic (exact) mass is 1190 g/mol. The molecule has 0 radical (unpaired) electrons. The Bertz CT molecular complexity index is 2410. The van der Waals surface area contributed by atoms with Gasteiger partial charge in [0, 0.05) is 84.2 Å². The standard InChI is InChI=1S/C66H105N7O12/c1-14-45(6)50(54(83-12)41-59(79)71-37-24-28-52(71)63(84-13)48(9)53(74)29-23-34-66(65(82)73-38-21-22-39-85-73)42-51(66)49-26-17-15-18-27-49)40-46(7)47(8)62(80)60(43(2)3)67-64(81)61(44(4)5)69(10)35-25-31-56(76)70(11)68-55(75)30-19-16-20-36-72-57(77)32-33-58(72)78/h15,17-18,26-27,32-33,43-48,50-52,54,60-61,63H,14,16,19-25,28-31,34-42H2,1-13H3,(H,67,81)(H,68,75). The Balaban J connectivity index is 1.12. The summed E-state index contributed by atoms with van der Waals surface area (Å²) in [5, 5.41) is 5.88. The first-order valence-electron chi connectivity index (χ1n) is 31.9. The number of ether oxygens (including phenoxy) is 2. The molecule has 3 heterocycles. The minimum atomic E-state index is -0.753. The predicted molar refractivity (Wildman–Crippen MR) is 325 cm³/mol. The van der Waals surface area contributed by atoms with Crippen molar-refractivity contribution in [2.45, 2.75) is 208 Å². The molecule has 19 nitrogen and oxygen atoms in total. The molecule has 19 heteroatoms.